The molecule has 1 rings (SSSR count). The van der Waals surface area contributed by atoms with Crippen LogP contribution in [0.2, 0.25) is 0 Å². The van der Waals surface area contributed by atoms with Crippen LogP contribution in [0, 0.1) is 5.41 Å². The highest BCUT2D eigenvalue weighted by atomic mass is 14.7. The lowest BCUT2D eigenvalue weighted by Crippen LogP contribution is -2.10. The Morgan fingerprint density at radius 2 is 2.00 bits per heavy atom. The maximum absolute atomic E-state index is 7.21. The Labute approximate surface area is 78.6 Å². The summed E-state index contributed by atoms with van der Waals surface area (Å²) < 4.78 is 0. The monoisotopic (exact) mass is 174 g/mol. The number of nitrogens with two attached hydrogens (primary N) is 1. The highest BCUT2D eigenvalue weighted by Crippen LogP contribution is 2.06. The van der Waals surface area contributed by atoms with Crippen molar-refractivity contribution in [1.82, 2.24) is 0 Å². The van der Waals surface area contributed by atoms with Gasteiger partial charge in [0.05, 0.1) is 0 Å². The minimum absolute atomic E-state index is 0.121. The molecule has 68 valence electrons. The molecule has 0 heterocycles. The van der Waals surface area contributed by atoms with Gasteiger partial charge in [0.25, 0.3) is 0 Å². The van der Waals surface area contributed by atoms with Crippen LogP contribution >= 0.6 is 0 Å². The molecule has 0 aliphatic carbocycles. The molecule has 0 aliphatic heterocycles. The lowest BCUT2D eigenvalue weighted by Gasteiger charge is -2.00. The minimum atomic E-state index is 0.121. The van der Waals surface area contributed by atoms with Crippen LogP contribution in [0.15, 0.2) is 36.9 Å². The molecule has 0 amide bonds. The Morgan fingerprint density at radius 3 is 2.46 bits per heavy atom. The Balaban J connectivity index is 2.69. The maximum Gasteiger partial charge on any atom is 0.122 e. The van der Waals surface area contributed by atoms with Crippen molar-refractivity contribution in [3.8, 4) is 0 Å². The number of benzene rings is 1. The number of allylic oxidation sites excluding steroid dienone is 1. The van der Waals surface area contributed by atoms with Gasteiger partial charge in [-0.15, -0.1) is 6.58 Å². The van der Waals surface area contributed by atoms with Crippen molar-refractivity contribution in [2.75, 3.05) is 0 Å². The molecule has 0 atom stereocenters. The van der Waals surface area contributed by atoms with Gasteiger partial charge in [-0.2, -0.15) is 0 Å². The smallest absolute Gasteiger partial charge is 0.122 e. The highest BCUT2D eigenvalue weighted by Gasteiger charge is 1.95. The Kier molecular flexibility index (Phi) is 3.26. The fourth-order valence-corrected chi connectivity index (χ4v) is 1.12. The fourth-order valence-electron chi connectivity index (χ4n) is 1.12. The van der Waals surface area contributed by atoms with Crippen molar-refractivity contribution < 1.29 is 0 Å². The van der Waals surface area contributed by atoms with Crippen LogP contribution in [0.25, 0.3) is 0 Å². The minimum Gasteiger partial charge on any atom is -0.384 e. The molecule has 13 heavy (non-hydrogen) atoms. The molecule has 1 aromatic carbocycles. The Bertz CT molecular complexity index is 298. The third-order valence-corrected chi connectivity index (χ3v) is 1.90. The molecule has 0 aliphatic rings. The summed E-state index contributed by atoms with van der Waals surface area (Å²) in [5, 5.41) is 7.21. The molecular weight excluding hydrogens is 160 g/mol. The van der Waals surface area contributed by atoms with E-state index >= 15 is 0 Å². The van der Waals surface area contributed by atoms with E-state index in [-0.39, 0.29) is 5.84 Å². The van der Waals surface area contributed by atoms with Crippen LogP contribution in [0.5, 0.6) is 0 Å². The second-order valence-corrected chi connectivity index (χ2v) is 2.94. The third kappa shape index (κ3) is 2.75. The van der Waals surface area contributed by atoms with E-state index in [1.807, 2.05) is 30.3 Å². The summed E-state index contributed by atoms with van der Waals surface area (Å²) in [5.74, 6) is 0.121. The molecule has 0 spiro atoms. The molecule has 0 saturated carbocycles. The molecule has 2 nitrogen and oxygen atoms in total. The fraction of sp³-hybridized carbons (Fsp3) is 0.182. The van der Waals surface area contributed by atoms with Crippen molar-refractivity contribution in [3.63, 3.8) is 0 Å². The average molecular weight is 174 g/mol. The Hall–Kier alpha value is -1.57. The molecule has 0 aromatic heterocycles. The first-order valence-corrected chi connectivity index (χ1v) is 4.28. The number of amidine groups is 1. The molecule has 1 aromatic rings. The lowest BCUT2D eigenvalue weighted by molar-refractivity contribution is 1.00. The van der Waals surface area contributed by atoms with Crippen LogP contribution in [0.3, 0.4) is 0 Å². The number of rotatable bonds is 4. The Morgan fingerprint density at radius 1 is 1.38 bits per heavy atom. The standard InChI is InChI=1S/C11H14N2/c1-2-3-4-9-5-7-10(8-6-9)11(12)13/h2,5-8H,1,3-4H2,(H3,12,13). The predicted molar refractivity (Wildman–Crippen MR) is 56.0 cm³/mol. The van der Waals surface area contributed by atoms with Crippen molar-refractivity contribution in [2.45, 2.75) is 12.8 Å². The molecule has 0 bridgehead atoms. The summed E-state index contributed by atoms with van der Waals surface area (Å²) in [5.41, 5.74) is 7.37. The van der Waals surface area contributed by atoms with E-state index < -0.39 is 0 Å². The van der Waals surface area contributed by atoms with Crippen LogP contribution in [0.4, 0.5) is 0 Å². The molecule has 0 fully saturated rings. The van der Waals surface area contributed by atoms with Gasteiger partial charge < -0.3 is 5.73 Å². The van der Waals surface area contributed by atoms with Gasteiger partial charge in [-0.1, -0.05) is 30.3 Å². The van der Waals surface area contributed by atoms with Gasteiger partial charge in [0.15, 0.2) is 0 Å². The number of nitrogens with one attached hydrogen (secondary N) is 1. The SMILES string of the molecule is C=CCCc1ccc(C(=N)N)cc1. The predicted octanol–water partition coefficient (Wildman–Crippen LogP) is 2.09. The van der Waals surface area contributed by atoms with Gasteiger partial charge >= 0.3 is 0 Å². The van der Waals surface area contributed by atoms with Crippen molar-refractivity contribution in [3.05, 3.63) is 48.0 Å². The van der Waals surface area contributed by atoms with E-state index in [0.717, 1.165) is 18.4 Å². The van der Waals surface area contributed by atoms with Crippen molar-refractivity contribution in [1.29, 1.82) is 5.41 Å². The summed E-state index contributed by atoms with van der Waals surface area (Å²) in [4.78, 5) is 0. The van der Waals surface area contributed by atoms with E-state index in [1.54, 1.807) is 0 Å². The largest absolute Gasteiger partial charge is 0.384 e. The summed E-state index contributed by atoms with van der Waals surface area (Å²) in [7, 11) is 0. The van der Waals surface area contributed by atoms with Crippen LogP contribution in [0.1, 0.15) is 17.5 Å². The van der Waals surface area contributed by atoms with Crippen LogP contribution in [-0.4, -0.2) is 5.84 Å². The quantitative estimate of drug-likeness (QED) is 0.410. The molecule has 0 saturated heterocycles. The molecule has 3 N–H and O–H groups in total. The second kappa shape index (κ2) is 4.45. The van der Waals surface area contributed by atoms with Gasteiger partial charge in [-0.3, -0.25) is 5.41 Å². The molecular formula is C11H14N2. The van der Waals surface area contributed by atoms with Gasteiger partial charge in [-0.25, -0.2) is 0 Å². The normalized spacial score (nSPS) is 9.54. The van der Waals surface area contributed by atoms with E-state index in [2.05, 4.69) is 6.58 Å². The maximum atomic E-state index is 7.21. The molecule has 2 heteroatoms. The van der Waals surface area contributed by atoms with Crippen molar-refractivity contribution in [2.24, 2.45) is 5.73 Å². The lowest BCUT2D eigenvalue weighted by atomic mass is 10.1. The zero-order chi connectivity index (χ0) is 9.68. The van der Waals surface area contributed by atoms with E-state index in [9.17, 15) is 0 Å². The first kappa shape index (κ1) is 9.52. The first-order valence-electron chi connectivity index (χ1n) is 4.28. The number of nitrogen functional groups attached to an aromatic ring is 1. The molecule has 0 radical (unpaired) electrons. The van der Waals surface area contributed by atoms with Gasteiger partial charge in [0, 0.05) is 5.56 Å². The van der Waals surface area contributed by atoms with Crippen molar-refractivity contribution >= 4 is 5.84 Å². The van der Waals surface area contributed by atoms with E-state index in [4.69, 9.17) is 11.1 Å². The number of hydrogen-bond acceptors (Lipinski definition) is 1. The highest BCUT2D eigenvalue weighted by molar-refractivity contribution is 5.94. The summed E-state index contributed by atoms with van der Waals surface area (Å²) in [6.45, 7) is 3.67. The van der Waals surface area contributed by atoms with E-state index in [0.29, 0.717) is 0 Å². The van der Waals surface area contributed by atoms with Crippen LogP contribution in [-0.2, 0) is 6.42 Å². The zero-order valence-electron chi connectivity index (χ0n) is 7.59. The summed E-state index contributed by atoms with van der Waals surface area (Å²) >= 11 is 0. The van der Waals surface area contributed by atoms with Gasteiger partial charge in [0.2, 0.25) is 0 Å². The zero-order valence-corrected chi connectivity index (χ0v) is 7.59. The average Bonchev–Trinajstić information content (AvgIpc) is 2.15. The summed E-state index contributed by atoms with van der Waals surface area (Å²) in [6.07, 6.45) is 3.89. The second-order valence-electron chi connectivity index (χ2n) is 2.94. The number of hydrogen-bond donors (Lipinski definition) is 2. The molecule has 0 unspecified atom stereocenters. The van der Waals surface area contributed by atoms with Gasteiger partial charge in [-0.05, 0) is 18.4 Å². The topological polar surface area (TPSA) is 49.9 Å². The summed E-state index contributed by atoms with van der Waals surface area (Å²) in [6, 6.07) is 7.75. The van der Waals surface area contributed by atoms with Crippen LogP contribution < -0.4 is 5.73 Å². The first-order chi connectivity index (χ1) is 6.24. The third-order valence-electron chi connectivity index (χ3n) is 1.90. The number of aryl methyl sites for hydroxylation is 1. The van der Waals surface area contributed by atoms with Gasteiger partial charge in [0.1, 0.15) is 5.84 Å². The van der Waals surface area contributed by atoms with E-state index in [1.165, 1.54) is 5.56 Å².